The quantitative estimate of drug-likeness (QED) is 0.119. The maximum atomic E-state index is 13.2. The average Bonchev–Trinajstić information content (AvgIpc) is 2.97. The van der Waals surface area contributed by atoms with Gasteiger partial charge in [-0.15, -0.1) is 0 Å². The van der Waals surface area contributed by atoms with E-state index in [1.54, 1.807) is 12.1 Å². The Labute approximate surface area is 226 Å². The standard InChI is InChI=1S/C34H36O4/c1-2-3-4-14-21-31(35)30-22-32(36-24-27-15-8-5-9-16-27)34(38-26-29-19-12-7-13-20-29)33(23-30)37-25-28-17-10-6-11-18-28/h5-13,15-20,22-23H,2-4,14,21,24-26H2,1H3. The summed E-state index contributed by atoms with van der Waals surface area (Å²) >= 11 is 0. The number of hydrogen-bond donors (Lipinski definition) is 0. The molecule has 0 aliphatic carbocycles. The molecule has 4 heteroatoms. The molecule has 4 aromatic rings. The first-order chi connectivity index (χ1) is 18.7. The summed E-state index contributed by atoms with van der Waals surface area (Å²) in [7, 11) is 0. The zero-order valence-electron chi connectivity index (χ0n) is 22.1. The minimum atomic E-state index is 0.0878. The highest BCUT2D eigenvalue weighted by Gasteiger charge is 2.19. The summed E-state index contributed by atoms with van der Waals surface area (Å²) in [6.07, 6.45) is 4.70. The summed E-state index contributed by atoms with van der Waals surface area (Å²) in [4.78, 5) is 13.2. The van der Waals surface area contributed by atoms with Crippen LogP contribution in [0.25, 0.3) is 0 Å². The van der Waals surface area contributed by atoms with E-state index in [0.29, 0.717) is 49.1 Å². The van der Waals surface area contributed by atoms with E-state index in [4.69, 9.17) is 14.2 Å². The van der Waals surface area contributed by atoms with Crippen LogP contribution in [0.5, 0.6) is 17.2 Å². The third-order valence-corrected chi connectivity index (χ3v) is 6.30. The first-order valence-corrected chi connectivity index (χ1v) is 13.4. The molecule has 0 spiro atoms. The summed E-state index contributed by atoms with van der Waals surface area (Å²) in [5.74, 6) is 1.60. The van der Waals surface area contributed by atoms with Crippen molar-refractivity contribution >= 4 is 5.78 Å². The number of ether oxygens (including phenoxy) is 3. The largest absolute Gasteiger partial charge is 0.485 e. The number of benzene rings is 4. The molecule has 4 aromatic carbocycles. The molecule has 0 aromatic heterocycles. The number of carbonyl (C=O) groups excluding carboxylic acids is 1. The Bertz CT molecular complexity index is 1190. The molecule has 0 heterocycles. The van der Waals surface area contributed by atoms with E-state index >= 15 is 0 Å². The lowest BCUT2D eigenvalue weighted by atomic mass is 10.0. The van der Waals surface area contributed by atoms with E-state index in [0.717, 1.165) is 42.4 Å². The van der Waals surface area contributed by atoms with E-state index in [1.807, 2.05) is 91.0 Å². The van der Waals surface area contributed by atoms with Crippen molar-refractivity contribution in [3.63, 3.8) is 0 Å². The van der Waals surface area contributed by atoms with Crippen LogP contribution in [0.15, 0.2) is 103 Å². The first kappa shape index (κ1) is 27.0. The molecule has 4 nitrogen and oxygen atoms in total. The second-order valence-electron chi connectivity index (χ2n) is 9.36. The van der Waals surface area contributed by atoms with Gasteiger partial charge in [0.15, 0.2) is 17.3 Å². The number of ketones is 1. The van der Waals surface area contributed by atoms with Crippen molar-refractivity contribution in [3.8, 4) is 17.2 Å². The van der Waals surface area contributed by atoms with Gasteiger partial charge >= 0.3 is 0 Å². The van der Waals surface area contributed by atoms with E-state index in [-0.39, 0.29) is 5.78 Å². The zero-order valence-corrected chi connectivity index (χ0v) is 22.1. The fourth-order valence-corrected chi connectivity index (χ4v) is 4.15. The minimum Gasteiger partial charge on any atom is -0.485 e. The molecule has 0 saturated heterocycles. The van der Waals surface area contributed by atoms with Crippen LogP contribution in [0.3, 0.4) is 0 Å². The number of Topliss-reactive ketones (excluding diaryl/α,β-unsaturated/α-hetero) is 1. The van der Waals surface area contributed by atoms with Gasteiger partial charge in [-0.05, 0) is 35.2 Å². The Kier molecular flexibility index (Phi) is 10.4. The van der Waals surface area contributed by atoms with Gasteiger partial charge in [-0.1, -0.05) is 117 Å². The molecule has 0 atom stereocenters. The van der Waals surface area contributed by atoms with Crippen LogP contribution in [0.1, 0.15) is 66.1 Å². The van der Waals surface area contributed by atoms with Gasteiger partial charge in [0.1, 0.15) is 19.8 Å². The van der Waals surface area contributed by atoms with Crippen molar-refractivity contribution in [1.82, 2.24) is 0 Å². The SMILES string of the molecule is CCCCCCC(=O)c1cc(OCc2ccccc2)c(OCc2ccccc2)c(OCc2ccccc2)c1. The predicted molar refractivity (Wildman–Crippen MR) is 152 cm³/mol. The maximum Gasteiger partial charge on any atom is 0.203 e. The third kappa shape index (κ3) is 8.24. The van der Waals surface area contributed by atoms with Crippen LogP contribution in [0.2, 0.25) is 0 Å². The molecule has 196 valence electrons. The normalized spacial score (nSPS) is 10.7. The predicted octanol–water partition coefficient (Wildman–Crippen LogP) is 8.58. The summed E-state index contributed by atoms with van der Waals surface area (Å²) in [6, 6.07) is 33.5. The molecule has 0 aliphatic rings. The van der Waals surface area contributed by atoms with Gasteiger partial charge in [0.05, 0.1) is 0 Å². The molecule has 0 radical (unpaired) electrons. The third-order valence-electron chi connectivity index (χ3n) is 6.30. The van der Waals surface area contributed by atoms with Gasteiger partial charge < -0.3 is 14.2 Å². The summed E-state index contributed by atoms with van der Waals surface area (Å²) in [6.45, 7) is 3.24. The average molecular weight is 509 g/mol. The topological polar surface area (TPSA) is 44.8 Å². The molecule has 4 rings (SSSR count). The number of carbonyl (C=O) groups is 1. The van der Waals surface area contributed by atoms with Crippen molar-refractivity contribution < 1.29 is 19.0 Å². The molecule has 0 bridgehead atoms. The highest BCUT2D eigenvalue weighted by Crippen LogP contribution is 2.41. The Hall–Kier alpha value is -4.05. The molecule has 0 amide bonds. The van der Waals surface area contributed by atoms with Crippen LogP contribution in [0.4, 0.5) is 0 Å². The van der Waals surface area contributed by atoms with Crippen molar-refractivity contribution in [2.45, 2.75) is 58.8 Å². The fraction of sp³-hybridized carbons (Fsp3) is 0.265. The number of rotatable bonds is 15. The Morgan fingerprint density at radius 1 is 0.579 bits per heavy atom. The molecule has 0 unspecified atom stereocenters. The maximum absolute atomic E-state index is 13.2. The van der Waals surface area contributed by atoms with E-state index < -0.39 is 0 Å². The van der Waals surface area contributed by atoms with Crippen LogP contribution in [0, 0.1) is 0 Å². The van der Waals surface area contributed by atoms with Crippen LogP contribution >= 0.6 is 0 Å². The van der Waals surface area contributed by atoms with Gasteiger partial charge in [0, 0.05) is 12.0 Å². The molecule has 0 fully saturated rings. The molecule has 38 heavy (non-hydrogen) atoms. The fourth-order valence-electron chi connectivity index (χ4n) is 4.15. The molecular weight excluding hydrogens is 472 g/mol. The second-order valence-corrected chi connectivity index (χ2v) is 9.36. The second kappa shape index (κ2) is 14.6. The van der Waals surface area contributed by atoms with E-state index in [9.17, 15) is 4.79 Å². The van der Waals surface area contributed by atoms with Crippen LogP contribution in [-0.4, -0.2) is 5.78 Å². The number of hydrogen-bond acceptors (Lipinski definition) is 4. The highest BCUT2D eigenvalue weighted by molar-refractivity contribution is 5.97. The van der Waals surface area contributed by atoms with Crippen LogP contribution in [-0.2, 0) is 19.8 Å². The van der Waals surface area contributed by atoms with Crippen molar-refractivity contribution in [2.75, 3.05) is 0 Å². The van der Waals surface area contributed by atoms with Gasteiger partial charge in [-0.3, -0.25) is 4.79 Å². The Balaban J connectivity index is 1.64. The van der Waals surface area contributed by atoms with E-state index in [2.05, 4.69) is 6.92 Å². The van der Waals surface area contributed by atoms with Gasteiger partial charge in [0.25, 0.3) is 0 Å². The molecule has 0 saturated carbocycles. The zero-order chi connectivity index (χ0) is 26.4. The Morgan fingerprint density at radius 3 is 1.47 bits per heavy atom. The lowest BCUT2D eigenvalue weighted by Crippen LogP contribution is -2.07. The lowest BCUT2D eigenvalue weighted by Gasteiger charge is -2.19. The molecule has 0 N–H and O–H groups in total. The van der Waals surface area contributed by atoms with Gasteiger partial charge in [-0.2, -0.15) is 0 Å². The van der Waals surface area contributed by atoms with Gasteiger partial charge in [0.2, 0.25) is 5.75 Å². The lowest BCUT2D eigenvalue weighted by molar-refractivity contribution is 0.0977. The summed E-state index contributed by atoms with van der Waals surface area (Å²) < 4.78 is 18.9. The van der Waals surface area contributed by atoms with Crippen molar-refractivity contribution in [1.29, 1.82) is 0 Å². The van der Waals surface area contributed by atoms with Crippen LogP contribution < -0.4 is 14.2 Å². The van der Waals surface area contributed by atoms with Crippen molar-refractivity contribution in [2.24, 2.45) is 0 Å². The van der Waals surface area contributed by atoms with E-state index in [1.165, 1.54) is 0 Å². The smallest absolute Gasteiger partial charge is 0.203 e. The summed E-state index contributed by atoms with van der Waals surface area (Å²) in [5, 5.41) is 0. The van der Waals surface area contributed by atoms with Gasteiger partial charge in [-0.25, -0.2) is 0 Å². The molecule has 0 aliphatic heterocycles. The summed E-state index contributed by atoms with van der Waals surface area (Å²) in [5.41, 5.74) is 3.68. The Morgan fingerprint density at radius 2 is 1.03 bits per heavy atom. The molecular formula is C34H36O4. The monoisotopic (exact) mass is 508 g/mol. The van der Waals surface area contributed by atoms with Crippen molar-refractivity contribution in [3.05, 3.63) is 125 Å². The highest BCUT2D eigenvalue weighted by atomic mass is 16.5. The number of unbranched alkanes of at least 4 members (excludes halogenated alkanes) is 3. The first-order valence-electron chi connectivity index (χ1n) is 13.4. The minimum absolute atomic E-state index is 0.0878.